The van der Waals surface area contributed by atoms with Crippen molar-refractivity contribution >= 4 is 29.8 Å². The second kappa shape index (κ2) is 11.5. The minimum atomic E-state index is -1.18. The van der Waals surface area contributed by atoms with E-state index >= 15 is 0 Å². The van der Waals surface area contributed by atoms with Crippen LogP contribution in [0.3, 0.4) is 0 Å². The lowest BCUT2D eigenvalue weighted by atomic mass is 10.1. The predicted octanol–water partition coefficient (Wildman–Crippen LogP) is -0.0525. The average molecular weight is 436 g/mol. The highest BCUT2D eigenvalue weighted by Gasteiger charge is 2.26. The van der Waals surface area contributed by atoms with E-state index in [2.05, 4.69) is 26.2 Å². The van der Waals surface area contributed by atoms with Crippen LogP contribution < -0.4 is 21.5 Å². The van der Waals surface area contributed by atoms with Gasteiger partial charge in [-0.15, -0.1) is 0 Å². The average Bonchev–Trinajstić information content (AvgIpc) is 2.69. The number of hydrogen-bond acceptors (Lipinski definition) is 7. The van der Waals surface area contributed by atoms with Crippen LogP contribution in [0.2, 0.25) is 0 Å². The van der Waals surface area contributed by atoms with Crippen molar-refractivity contribution in [2.24, 2.45) is 0 Å². The van der Waals surface area contributed by atoms with Crippen LogP contribution in [-0.2, 0) is 35.1 Å². The molecule has 0 aromatic heterocycles. The van der Waals surface area contributed by atoms with E-state index in [1.54, 1.807) is 51.1 Å². The SMILES string of the molecule is COC(=O)C(=O)N[C@@H](Cc1ccccc1)C(=O)NNC(=O)[C@H](C)NC(=O)OC(C)(C)C. The minimum Gasteiger partial charge on any atom is -0.462 e. The second-order valence-electron chi connectivity index (χ2n) is 7.55. The van der Waals surface area contributed by atoms with E-state index in [4.69, 9.17) is 4.74 Å². The summed E-state index contributed by atoms with van der Waals surface area (Å²) in [7, 11) is 1.04. The molecule has 170 valence electrons. The fourth-order valence-corrected chi connectivity index (χ4v) is 2.24. The largest absolute Gasteiger partial charge is 0.462 e. The fraction of sp³-hybridized carbons (Fsp3) is 0.450. The van der Waals surface area contributed by atoms with Crippen molar-refractivity contribution in [1.82, 2.24) is 21.5 Å². The third-order valence-electron chi connectivity index (χ3n) is 3.71. The molecular formula is C20H28N4O7. The van der Waals surface area contributed by atoms with Crippen LogP contribution >= 0.6 is 0 Å². The van der Waals surface area contributed by atoms with E-state index in [0.717, 1.165) is 7.11 Å². The van der Waals surface area contributed by atoms with Crippen molar-refractivity contribution in [1.29, 1.82) is 0 Å². The first-order chi connectivity index (χ1) is 14.4. The van der Waals surface area contributed by atoms with E-state index < -0.39 is 47.5 Å². The van der Waals surface area contributed by atoms with Gasteiger partial charge in [-0.1, -0.05) is 30.3 Å². The standard InChI is InChI=1S/C20H28N4O7/c1-12(21-19(29)31-20(2,3)4)15(25)23-24-16(26)14(22-17(27)18(28)30-5)11-13-9-7-6-8-10-13/h6-10,12,14H,11H2,1-5H3,(H,21,29)(H,22,27)(H,23,25)(H,24,26)/t12-,14-/m0/s1. The van der Waals surface area contributed by atoms with Gasteiger partial charge >= 0.3 is 18.0 Å². The zero-order valence-corrected chi connectivity index (χ0v) is 18.1. The maximum absolute atomic E-state index is 12.5. The summed E-state index contributed by atoms with van der Waals surface area (Å²) in [6.45, 7) is 6.42. The quantitative estimate of drug-likeness (QED) is 0.277. The number of rotatable bonds is 6. The molecular weight excluding hydrogens is 408 g/mol. The maximum atomic E-state index is 12.5. The number of esters is 1. The summed E-state index contributed by atoms with van der Waals surface area (Å²) in [5, 5.41) is 4.59. The Morgan fingerprint density at radius 2 is 1.52 bits per heavy atom. The van der Waals surface area contributed by atoms with Gasteiger partial charge in [0.2, 0.25) is 0 Å². The molecule has 4 amide bonds. The van der Waals surface area contributed by atoms with Crippen molar-refractivity contribution in [3.8, 4) is 0 Å². The first-order valence-corrected chi connectivity index (χ1v) is 9.45. The molecule has 4 N–H and O–H groups in total. The molecule has 2 atom stereocenters. The number of hydrogen-bond donors (Lipinski definition) is 4. The second-order valence-corrected chi connectivity index (χ2v) is 7.55. The van der Waals surface area contributed by atoms with Crippen LogP contribution in [0.25, 0.3) is 0 Å². The lowest BCUT2D eigenvalue weighted by Crippen LogP contribution is -2.57. The molecule has 0 aliphatic rings. The molecule has 0 fully saturated rings. The molecule has 0 aliphatic heterocycles. The molecule has 31 heavy (non-hydrogen) atoms. The molecule has 11 heteroatoms. The Balaban J connectivity index is 2.72. The first kappa shape index (κ1) is 25.4. The topological polar surface area (TPSA) is 152 Å². The van der Waals surface area contributed by atoms with Crippen molar-refractivity contribution in [3.63, 3.8) is 0 Å². The minimum absolute atomic E-state index is 0.0526. The van der Waals surface area contributed by atoms with Gasteiger partial charge in [0.25, 0.3) is 11.8 Å². The zero-order valence-electron chi connectivity index (χ0n) is 18.1. The Bertz CT molecular complexity index is 805. The smallest absolute Gasteiger partial charge is 0.408 e. The van der Waals surface area contributed by atoms with Crippen LogP contribution in [-0.4, -0.2) is 54.6 Å². The van der Waals surface area contributed by atoms with Crippen LogP contribution in [0.5, 0.6) is 0 Å². The van der Waals surface area contributed by atoms with Gasteiger partial charge in [0.1, 0.15) is 17.7 Å². The van der Waals surface area contributed by atoms with Gasteiger partial charge in [-0.3, -0.25) is 25.2 Å². The lowest BCUT2D eigenvalue weighted by molar-refractivity contribution is -0.153. The fourth-order valence-electron chi connectivity index (χ4n) is 2.24. The number of alkyl carbamates (subject to hydrolysis) is 1. The summed E-state index contributed by atoms with van der Waals surface area (Å²) in [4.78, 5) is 59.7. The highest BCUT2D eigenvalue weighted by Crippen LogP contribution is 2.07. The van der Waals surface area contributed by atoms with Crippen LogP contribution in [0.1, 0.15) is 33.3 Å². The molecule has 0 aliphatic carbocycles. The van der Waals surface area contributed by atoms with Crippen LogP contribution in [0, 0.1) is 0 Å². The molecule has 0 spiro atoms. The van der Waals surface area contributed by atoms with Gasteiger partial charge in [-0.25, -0.2) is 9.59 Å². The molecule has 1 rings (SSSR count). The van der Waals surface area contributed by atoms with E-state index in [9.17, 15) is 24.0 Å². The Morgan fingerprint density at radius 1 is 0.935 bits per heavy atom. The third-order valence-corrected chi connectivity index (χ3v) is 3.71. The van der Waals surface area contributed by atoms with Crippen molar-refractivity contribution in [2.75, 3.05) is 7.11 Å². The van der Waals surface area contributed by atoms with Gasteiger partial charge in [0.15, 0.2) is 0 Å². The van der Waals surface area contributed by atoms with Crippen LogP contribution in [0.15, 0.2) is 30.3 Å². The van der Waals surface area contributed by atoms with Crippen molar-refractivity contribution in [2.45, 2.75) is 51.8 Å². The molecule has 1 aromatic carbocycles. The number of amides is 4. The molecule has 0 heterocycles. The summed E-state index contributed by atoms with van der Waals surface area (Å²) in [6, 6.07) is 6.55. The van der Waals surface area contributed by atoms with E-state index in [-0.39, 0.29) is 6.42 Å². The number of methoxy groups -OCH3 is 1. The van der Waals surface area contributed by atoms with Crippen LogP contribution in [0.4, 0.5) is 4.79 Å². The predicted molar refractivity (Wildman–Crippen MR) is 109 cm³/mol. The zero-order chi connectivity index (χ0) is 23.6. The summed E-state index contributed by atoms with van der Waals surface area (Å²) < 4.78 is 9.40. The molecule has 0 bridgehead atoms. The third kappa shape index (κ3) is 9.61. The summed E-state index contributed by atoms with van der Waals surface area (Å²) in [5.41, 5.74) is 4.30. The summed E-state index contributed by atoms with van der Waals surface area (Å²) >= 11 is 0. The van der Waals surface area contributed by atoms with Gasteiger partial charge < -0.3 is 20.1 Å². The molecule has 0 unspecified atom stereocenters. The Hall–Kier alpha value is -3.63. The Kier molecular flexibility index (Phi) is 9.45. The van der Waals surface area contributed by atoms with Gasteiger partial charge in [-0.2, -0.15) is 0 Å². The maximum Gasteiger partial charge on any atom is 0.408 e. The molecule has 0 saturated heterocycles. The highest BCUT2D eigenvalue weighted by molar-refractivity contribution is 6.32. The number of carbonyl (C=O) groups is 5. The molecule has 0 radical (unpaired) electrons. The lowest BCUT2D eigenvalue weighted by Gasteiger charge is -2.22. The van der Waals surface area contributed by atoms with Crippen molar-refractivity contribution in [3.05, 3.63) is 35.9 Å². The number of carbonyl (C=O) groups excluding carboxylic acids is 5. The van der Waals surface area contributed by atoms with Gasteiger partial charge in [0, 0.05) is 6.42 Å². The number of nitrogens with one attached hydrogen (secondary N) is 4. The highest BCUT2D eigenvalue weighted by atomic mass is 16.6. The van der Waals surface area contributed by atoms with Gasteiger partial charge in [0.05, 0.1) is 7.11 Å². The Morgan fingerprint density at radius 3 is 2.06 bits per heavy atom. The summed E-state index contributed by atoms with van der Waals surface area (Å²) in [5.74, 6) is -3.77. The van der Waals surface area contributed by atoms with Crippen molar-refractivity contribution < 1.29 is 33.4 Å². The number of hydrazine groups is 1. The van der Waals surface area contributed by atoms with E-state index in [1.165, 1.54) is 6.92 Å². The molecule has 0 saturated carbocycles. The number of benzene rings is 1. The normalized spacial score (nSPS) is 12.5. The van der Waals surface area contributed by atoms with E-state index in [1.807, 2.05) is 0 Å². The number of ether oxygens (including phenoxy) is 2. The first-order valence-electron chi connectivity index (χ1n) is 9.45. The van der Waals surface area contributed by atoms with E-state index in [0.29, 0.717) is 5.56 Å². The Labute approximate surface area is 180 Å². The summed E-state index contributed by atoms with van der Waals surface area (Å²) in [6.07, 6.45) is -0.745. The monoisotopic (exact) mass is 436 g/mol. The molecule has 1 aromatic rings. The van der Waals surface area contributed by atoms with Gasteiger partial charge in [-0.05, 0) is 33.3 Å². The molecule has 11 nitrogen and oxygen atoms in total.